The predicted molar refractivity (Wildman–Crippen MR) is 81.2 cm³/mol. The minimum atomic E-state index is -0.139. The lowest BCUT2D eigenvalue weighted by molar-refractivity contribution is -0.143. The fourth-order valence-electron chi connectivity index (χ4n) is 2.02. The number of esters is 1. The van der Waals surface area contributed by atoms with Crippen LogP contribution < -0.4 is 4.90 Å². The van der Waals surface area contributed by atoms with Gasteiger partial charge >= 0.3 is 5.97 Å². The van der Waals surface area contributed by atoms with Gasteiger partial charge in [-0.15, -0.1) is 11.3 Å². The van der Waals surface area contributed by atoms with Gasteiger partial charge in [-0.1, -0.05) is 0 Å². The van der Waals surface area contributed by atoms with Gasteiger partial charge in [0.2, 0.25) is 0 Å². The van der Waals surface area contributed by atoms with Crippen molar-refractivity contribution in [2.45, 2.75) is 32.7 Å². The van der Waals surface area contributed by atoms with Crippen LogP contribution in [0.2, 0.25) is 0 Å². The van der Waals surface area contributed by atoms with Gasteiger partial charge in [-0.05, 0) is 13.8 Å². The van der Waals surface area contributed by atoms with E-state index in [2.05, 4.69) is 22.2 Å². The summed E-state index contributed by atoms with van der Waals surface area (Å²) in [6.45, 7) is 5.58. The number of hydrogen-bond acceptors (Lipinski definition) is 6. The van der Waals surface area contributed by atoms with Gasteiger partial charge in [0.1, 0.15) is 0 Å². The van der Waals surface area contributed by atoms with Crippen molar-refractivity contribution in [3.8, 4) is 0 Å². The third-order valence-electron chi connectivity index (χ3n) is 3.04. The molecule has 2 heterocycles. The Morgan fingerprint density at radius 1 is 1.63 bits per heavy atom. The van der Waals surface area contributed by atoms with Gasteiger partial charge < -0.3 is 9.64 Å². The molecule has 1 aliphatic rings. The van der Waals surface area contributed by atoms with Crippen LogP contribution in [0.4, 0.5) is 5.13 Å². The van der Waals surface area contributed by atoms with E-state index < -0.39 is 0 Å². The van der Waals surface area contributed by atoms with Crippen LogP contribution >= 0.6 is 23.1 Å². The molecule has 1 fully saturated rings. The summed E-state index contributed by atoms with van der Waals surface area (Å²) in [5.41, 5.74) is 0.999. The van der Waals surface area contributed by atoms with Crippen LogP contribution in [-0.2, 0) is 16.0 Å². The molecular formula is C13H20N2O2S2. The molecule has 0 N–H and O–H groups in total. The van der Waals surface area contributed by atoms with E-state index >= 15 is 0 Å². The van der Waals surface area contributed by atoms with Crippen molar-refractivity contribution in [1.29, 1.82) is 0 Å². The summed E-state index contributed by atoms with van der Waals surface area (Å²) in [5, 5.41) is 3.15. The Bertz CT molecular complexity index is 423. The summed E-state index contributed by atoms with van der Waals surface area (Å²) in [7, 11) is 0. The number of anilines is 1. The lowest BCUT2D eigenvalue weighted by Gasteiger charge is -2.32. The molecule has 1 aromatic heterocycles. The Morgan fingerprint density at radius 3 is 3.21 bits per heavy atom. The maximum absolute atomic E-state index is 11.3. The lowest BCUT2D eigenvalue weighted by Crippen LogP contribution is -2.40. The van der Waals surface area contributed by atoms with Crippen LogP contribution in [0.15, 0.2) is 5.38 Å². The summed E-state index contributed by atoms with van der Waals surface area (Å²) >= 11 is 3.68. The van der Waals surface area contributed by atoms with E-state index in [0.29, 0.717) is 25.5 Å². The third kappa shape index (κ3) is 4.11. The Balaban J connectivity index is 1.89. The van der Waals surface area contributed by atoms with Gasteiger partial charge in [0.05, 0.1) is 18.7 Å². The molecule has 4 nitrogen and oxygen atoms in total. The highest BCUT2D eigenvalue weighted by Gasteiger charge is 2.21. The molecule has 0 aromatic carbocycles. The number of thioether (sulfide) groups is 1. The van der Waals surface area contributed by atoms with E-state index in [0.717, 1.165) is 23.1 Å². The smallest absolute Gasteiger partial charge is 0.306 e. The summed E-state index contributed by atoms with van der Waals surface area (Å²) in [6, 6.07) is 0.544. The summed E-state index contributed by atoms with van der Waals surface area (Å²) in [5.74, 6) is 2.19. The van der Waals surface area contributed by atoms with Crippen LogP contribution in [0.5, 0.6) is 0 Å². The molecule has 106 valence electrons. The van der Waals surface area contributed by atoms with Crippen molar-refractivity contribution in [3.63, 3.8) is 0 Å². The van der Waals surface area contributed by atoms with Crippen molar-refractivity contribution in [3.05, 3.63) is 11.1 Å². The molecule has 19 heavy (non-hydrogen) atoms. The number of nitrogens with zero attached hydrogens (tertiary/aromatic N) is 2. The molecule has 1 atom stereocenters. The van der Waals surface area contributed by atoms with E-state index in [9.17, 15) is 4.79 Å². The number of aryl methyl sites for hydroxylation is 1. The van der Waals surface area contributed by atoms with E-state index in [-0.39, 0.29) is 5.97 Å². The van der Waals surface area contributed by atoms with Crippen molar-refractivity contribution in [2.75, 3.05) is 29.6 Å². The number of hydrogen-bond donors (Lipinski definition) is 0. The number of thiazole rings is 1. The van der Waals surface area contributed by atoms with Crippen molar-refractivity contribution < 1.29 is 9.53 Å². The molecule has 0 bridgehead atoms. The van der Waals surface area contributed by atoms with Gasteiger partial charge in [0, 0.05) is 35.9 Å². The standard InChI is InChI=1S/C13H20N2O2S2/c1-3-17-12(16)5-4-11-9-19-13(14-11)15-6-7-18-8-10(15)2/h9-10H,3-8H2,1-2H3. The normalized spacial score (nSPS) is 19.5. The molecule has 0 spiro atoms. The van der Waals surface area contributed by atoms with Gasteiger partial charge in [-0.3, -0.25) is 4.79 Å². The van der Waals surface area contributed by atoms with Crippen molar-refractivity contribution in [2.24, 2.45) is 0 Å². The van der Waals surface area contributed by atoms with E-state index in [1.165, 1.54) is 5.75 Å². The average molecular weight is 300 g/mol. The minimum Gasteiger partial charge on any atom is -0.466 e. The monoisotopic (exact) mass is 300 g/mol. The zero-order valence-corrected chi connectivity index (χ0v) is 13.1. The molecule has 2 rings (SSSR count). The molecule has 1 saturated heterocycles. The predicted octanol–water partition coefficient (Wildman–Crippen LogP) is 2.58. The van der Waals surface area contributed by atoms with E-state index in [4.69, 9.17) is 4.74 Å². The third-order valence-corrected chi connectivity index (χ3v) is 5.16. The fraction of sp³-hybridized carbons (Fsp3) is 0.692. The molecule has 1 unspecified atom stereocenters. The Morgan fingerprint density at radius 2 is 2.47 bits per heavy atom. The molecule has 0 saturated carbocycles. The first-order chi connectivity index (χ1) is 9.20. The largest absolute Gasteiger partial charge is 0.466 e. The second-order valence-corrected chi connectivity index (χ2v) is 6.53. The molecule has 1 aliphatic heterocycles. The van der Waals surface area contributed by atoms with Gasteiger partial charge in [-0.2, -0.15) is 11.8 Å². The number of carbonyl (C=O) groups is 1. The highest BCUT2D eigenvalue weighted by molar-refractivity contribution is 7.99. The highest BCUT2D eigenvalue weighted by atomic mass is 32.2. The van der Waals surface area contributed by atoms with Gasteiger partial charge in [0.15, 0.2) is 5.13 Å². The summed E-state index contributed by atoms with van der Waals surface area (Å²) in [6.07, 6.45) is 1.09. The minimum absolute atomic E-state index is 0.139. The molecule has 6 heteroatoms. The first-order valence-electron chi connectivity index (χ1n) is 6.65. The highest BCUT2D eigenvalue weighted by Crippen LogP contribution is 2.27. The molecular weight excluding hydrogens is 280 g/mol. The van der Waals surface area contributed by atoms with Crippen molar-refractivity contribution >= 4 is 34.2 Å². The summed E-state index contributed by atoms with van der Waals surface area (Å²) in [4.78, 5) is 18.3. The first-order valence-corrected chi connectivity index (χ1v) is 8.68. The Hall–Kier alpha value is -0.750. The zero-order chi connectivity index (χ0) is 13.7. The van der Waals surface area contributed by atoms with Crippen LogP contribution in [-0.4, -0.2) is 41.7 Å². The quantitative estimate of drug-likeness (QED) is 0.782. The van der Waals surface area contributed by atoms with Crippen LogP contribution in [0.3, 0.4) is 0 Å². The van der Waals surface area contributed by atoms with E-state index in [1.807, 2.05) is 18.7 Å². The van der Waals surface area contributed by atoms with Crippen LogP contribution in [0, 0.1) is 0 Å². The second-order valence-electron chi connectivity index (χ2n) is 4.54. The zero-order valence-electron chi connectivity index (χ0n) is 11.4. The number of rotatable bonds is 5. The van der Waals surface area contributed by atoms with Gasteiger partial charge in [0.25, 0.3) is 0 Å². The lowest BCUT2D eigenvalue weighted by atomic mass is 10.2. The fourth-order valence-corrected chi connectivity index (χ4v) is 4.02. The number of aromatic nitrogens is 1. The van der Waals surface area contributed by atoms with Gasteiger partial charge in [-0.25, -0.2) is 4.98 Å². The molecule has 0 aliphatic carbocycles. The number of carbonyl (C=O) groups excluding carboxylic acids is 1. The average Bonchev–Trinajstić information content (AvgIpc) is 2.86. The molecule has 0 radical (unpaired) electrons. The topological polar surface area (TPSA) is 42.4 Å². The Labute approximate surface area is 122 Å². The second kappa shape index (κ2) is 7.14. The molecule has 0 amide bonds. The summed E-state index contributed by atoms with van der Waals surface area (Å²) < 4.78 is 4.93. The van der Waals surface area contributed by atoms with Crippen LogP contribution in [0.1, 0.15) is 26.0 Å². The molecule has 1 aromatic rings. The van der Waals surface area contributed by atoms with Crippen LogP contribution in [0.25, 0.3) is 0 Å². The number of ether oxygens (including phenoxy) is 1. The van der Waals surface area contributed by atoms with Crippen molar-refractivity contribution in [1.82, 2.24) is 4.98 Å². The maximum Gasteiger partial charge on any atom is 0.306 e. The SMILES string of the molecule is CCOC(=O)CCc1csc(N2CCSCC2C)n1. The van der Waals surface area contributed by atoms with E-state index in [1.54, 1.807) is 11.3 Å². The Kier molecular flexibility index (Phi) is 5.51. The first kappa shape index (κ1) is 14.7. The maximum atomic E-state index is 11.3.